The highest BCUT2D eigenvalue weighted by Gasteiger charge is 2.11. The van der Waals surface area contributed by atoms with Gasteiger partial charge < -0.3 is 5.32 Å². The van der Waals surface area contributed by atoms with Crippen molar-refractivity contribution in [3.63, 3.8) is 0 Å². The van der Waals surface area contributed by atoms with Gasteiger partial charge in [0, 0.05) is 23.8 Å². The maximum absolute atomic E-state index is 12.2. The summed E-state index contributed by atoms with van der Waals surface area (Å²) in [7, 11) is 0. The van der Waals surface area contributed by atoms with Crippen LogP contribution in [0.1, 0.15) is 23.1 Å². The number of aromatic nitrogens is 2. The van der Waals surface area contributed by atoms with Crippen LogP contribution in [-0.2, 0) is 23.4 Å². The number of aryl methyl sites for hydroxylation is 2. The molecule has 2 aromatic carbocycles. The van der Waals surface area contributed by atoms with Crippen LogP contribution in [0.2, 0.25) is 0 Å². The SMILES string of the molecule is O=C(CSCc1ccc(-n2cccn2)cc1)Nc1ccc2c(c1)CCC2. The highest BCUT2D eigenvalue weighted by molar-refractivity contribution is 7.99. The molecule has 0 spiro atoms. The first kappa shape index (κ1) is 16.9. The third-order valence-corrected chi connectivity index (χ3v) is 5.59. The molecule has 1 heterocycles. The molecule has 26 heavy (non-hydrogen) atoms. The summed E-state index contributed by atoms with van der Waals surface area (Å²) in [6, 6.07) is 16.5. The van der Waals surface area contributed by atoms with Gasteiger partial charge in [-0.15, -0.1) is 11.8 Å². The van der Waals surface area contributed by atoms with Crippen LogP contribution in [0.4, 0.5) is 5.69 Å². The summed E-state index contributed by atoms with van der Waals surface area (Å²) >= 11 is 1.63. The van der Waals surface area contributed by atoms with Crippen molar-refractivity contribution in [1.29, 1.82) is 0 Å². The van der Waals surface area contributed by atoms with E-state index in [1.54, 1.807) is 18.0 Å². The van der Waals surface area contributed by atoms with Crippen molar-refractivity contribution in [2.24, 2.45) is 0 Å². The van der Waals surface area contributed by atoms with Crippen molar-refractivity contribution in [1.82, 2.24) is 9.78 Å². The molecule has 0 saturated heterocycles. The Morgan fingerprint density at radius 3 is 2.77 bits per heavy atom. The second kappa shape index (κ2) is 7.79. The second-order valence-corrected chi connectivity index (χ2v) is 7.48. The van der Waals surface area contributed by atoms with Crippen molar-refractivity contribution < 1.29 is 4.79 Å². The number of nitrogens with one attached hydrogen (secondary N) is 1. The maximum Gasteiger partial charge on any atom is 0.234 e. The fourth-order valence-corrected chi connectivity index (χ4v) is 4.06. The standard InChI is InChI=1S/C21H21N3OS/c25-21(23-19-8-7-17-3-1-4-18(17)13-19)15-26-14-16-5-9-20(10-6-16)24-12-2-11-22-24/h2,5-13H,1,3-4,14-15H2,(H,23,25). The van der Waals surface area contributed by atoms with E-state index in [1.165, 1.54) is 29.5 Å². The number of rotatable bonds is 6. The van der Waals surface area contributed by atoms with E-state index in [4.69, 9.17) is 0 Å². The zero-order valence-electron chi connectivity index (χ0n) is 14.5. The molecule has 5 heteroatoms. The predicted molar refractivity (Wildman–Crippen MR) is 107 cm³/mol. The van der Waals surface area contributed by atoms with Crippen LogP contribution in [0.15, 0.2) is 60.9 Å². The van der Waals surface area contributed by atoms with Gasteiger partial charge in [0.2, 0.25) is 5.91 Å². The van der Waals surface area contributed by atoms with Crippen molar-refractivity contribution in [2.45, 2.75) is 25.0 Å². The minimum atomic E-state index is 0.0566. The van der Waals surface area contributed by atoms with Crippen LogP contribution in [0.25, 0.3) is 5.69 Å². The highest BCUT2D eigenvalue weighted by Crippen LogP contribution is 2.25. The largest absolute Gasteiger partial charge is 0.325 e. The highest BCUT2D eigenvalue weighted by atomic mass is 32.2. The Balaban J connectivity index is 1.26. The van der Waals surface area contributed by atoms with Gasteiger partial charge in [-0.05, 0) is 66.3 Å². The van der Waals surface area contributed by atoms with Crippen LogP contribution < -0.4 is 5.32 Å². The molecule has 0 unspecified atom stereocenters. The summed E-state index contributed by atoms with van der Waals surface area (Å²) in [5.41, 5.74) is 5.97. The maximum atomic E-state index is 12.2. The number of benzene rings is 2. The quantitative estimate of drug-likeness (QED) is 0.713. The summed E-state index contributed by atoms with van der Waals surface area (Å²) in [5, 5.41) is 7.24. The molecule has 0 bridgehead atoms. The number of carbonyl (C=O) groups is 1. The Kier molecular flexibility index (Phi) is 5.07. The Labute approximate surface area is 157 Å². The lowest BCUT2D eigenvalue weighted by Gasteiger charge is -2.08. The van der Waals surface area contributed by atoms with E-state index >= 15 is 0 Å². The number of hydrogen-bond donors (Lipinski definition) is 1. The average Bonchev–Trinajstić information content (AvgIpc) is 3.34. The van der Waals surface area contributed by atoms with Gasteiger partial charge in [-0.25, -0.2) is 4.68 Å². The van der Waals surface area contributed by atoms with Gasteiger partial charge in [0.05, 0.1) is 11.4 Å². The van der Waals surface area contributed by atoms with Gasteiger partial charge in [-0.2, -0.15) is 5.10 Å². The lowest BCUT2D eigenvalue weighted by Crippen LogP contribution is -2.14. The van der Waals surface area contributed by atoms with Crippen LogP contribution in [0.5, 0.6) is 0 Å². The first-order valence-corrected chi connectivity index (χ1v) is 10.0. The summed E-state index contributed by atoms with van der Waals surface area (Å²) in [4.78, 5) is 12.2. The number of fused-ring (bicyclic) bond motifs is 1. The molecule has 1 amide bonds. The first-order valence-electron chi connectivity index (χ1n) is 8.86. The zero-order valence-corrected chi connectivity index (χ0v) is 15.3. The Morgan fingerprint density at radius 1 is 1.12 bits per heavy atom. The third kappa shape index (κ3) is 3.99. The molecular formula is C21H21N3OS. The van der Waals surface area contributed by atoms with E-state index in [1.807, 2.05) is 35.1 Å². The molecule has 1 aliphatic rings. The molecule has 0 saturated carbocycles. The molecule has 1 aromatic heterocycles. The van der Waals surface area contributed by atoms with Gasteiger partial charge in [-0.3, -0.25) is 4.79 Å². The Hall–Kier alpha value is -2.53. The van der Waals surface area contributed by atoms with Crippen molar-refractivity contribution in [3.05, 3.63) is 77.6 Å². The van der Waals surface area contributed by atoms with Crippen LogP contribution in [0.3, 0.4) is 0 Å². The smallest absolute Gasteiger partial charge is 0.234 e. The fourth-order valence-electron chi connectivity index (χ4n) is 3.27. The van der Waals surface area contributed by atoms with E-state index in [2.05, 4.69) is 34.7 Å². The van der Waals surface area contributed by atoms with Gasteiger partial charge >= 0.3 is 0 Å². The molecule has 1 N–H and O–H groups in total. The molecule has 0 aliphatic heterocycles. The second-order valence-electron chi connectivity index (χ2n) is 6.50. The topological polar surface area (TPSA) is 46.9 Å². The van der Waals surface area contributed by atoms with E-state index in [9.17, 15) is 4.79 Å². The molecule has 0 fully saturated rings. The van der Waals surface area contributed by atoms with E-state index in [0.29, 0.717) is 5.75 Å². The van der Waals surface area contributed by atoms with Crippen molar-refractivity contribution >= 4 is 23.4 Å². The number of nitrogens with zero attached hydrogens (tertiary/aromatic N) is 2. The number of anilines is 1. The van der Waals surface area contributed by atoms with E-state index in [0.717, 1.165) is 23.5 Å². The van der Waals surface area contributed by atoms with Crippen molar-refractivity contribution in [2.75, 3.05) is 11.1 Å². The van der Waals surface area contributed by atoms with E-state index in [-0.39, 0.29) is 5.91 Å². The number of amides is 1. The summed E-state index contributed by atoms with van der Waals surface area (Å²) in [6.07, 6.45) is 7.21. The number of thioether (sulfide) groups is 1. The molecular weight excluding hydrogens is 342 g/mol. The molecule has 0 atom stereocenters. The Morgan fingerprint density at radius 2 is 1.96 bits per heavy atom. The Bertz CT molecular complexity index is 888. The van der Waals surface area contributed by atoms with Gasteiger partial charge in [0.1, 0.15) is 0 Å². The molecule has 4 rings (SSSR count). The van der Waals surface area contributed by atoms with E-state index < -0.39 is 0 Å². The monoisotopic (exact) mass is 363 g/mol. The summed E-state index contributed by atoms with van der Waals surface area (Å²) in [6.45, 7) is 0. The van der Waals surface area contributed by atoms with Crippen molar-refractivity contribution in [3.8, 4) is 5.69 Å². The summed E-state index contributed by atoms with van der Waals surface area (Å²) in [5.74, 6) is 1.33. The van der Waals surface area contributed by atoms with Crippen LogP contribution in [0, 0.1) is 0 Å². The number of carbonyl (C=O) groups excluding carboxylic acids is 1. The first-order chi connectivity index (χ1) is 12.8. The van der Waals surface area contributed by atoms with Gasteiger partial charge in [0.25, 0.3) is 0 Å². The van der Waals surface area contributed by atoms with Gasteiger partial charge in [0.15, 0.2) is 0 Å². The molecule has 4 nitrogen and oxygen atoms in total. The zero-order chi connectivity index (χ0) is 17.8. The third-order valence-electron chi connectivity index (χ3n) is 4.59. The van der Waals surface area contributed by atoms with Gasteiger partial charge in [-0.1, -0.05) is 18.2 Å². The normalized spacial score (nSPS) is 12.8. The number of hydrogen-bond acceptors (Lipinski definition) is 3. The minimum Gasteiger partial charge on any atom is -0.325 e. The fraction of sp³-hybridized carbons (Fsp3) is 0.238. The lowest BCUT2D eigenvalue weighted by atomic mass is 10.1. The molecule has 0 radical (unpaired) electrons. The molecule has 3 aromatic rings. The van der Waals surface area contributed by atoms with Crippen LogP contribution >= 0.6 is 11.8 Å². The predicted octanol–water partition coefficient (Wildman–Crippen LogP) is 4.23. The summed E-state index contributed by atoms with van der Waals surface area (Å²) < 4.78 is 1.83. The van der Waals surface area contributed by atoms with Crippen LogP contribution in [-0.4, -0.2) is 21.4 Å². The minimum absolute atomic E-state index is 0.0566. The molecule has 1 aliphatic carbocycles. The molecule has 132 valence electrons. The lowest BCUT2D eigenvalue weighted by molar-refractivity contribution is -0.113. The average molecular weight is 363 g/mol.